The first-order valence-corrected chi connectivity index (χ1v) is 14.8. The summed E-state index contributed by atoms with van der Waals surface area (Å²) < 4.78 is 10.5. The molecule has 0 radical (unpaired) electrons. The zero-order valence-electron chi connectivity index (χ0n) is 21.2. The van der Waals surface area contributed by atoms with Crippen molar-refractivity contribution in [3.05, 3.63) is 24.7 Å². The number of anilines is 1. The normalized spacial score (nSPS) is 19.5. The van der Waals surface area contributed by atoms with E-state index in [2.05, 4.69) is 48.6 Å². The van der Waals surface area contributed by atoms with Crippen LogP contribution in [0.5, 0.6) is 0 Å². The summed E-state index contributed by atoms with van der Waals surface area (Å²) in [4.78, 5) is 17.0. The lowest BCUT2D eigenvalue weighted by Crippen LogP contribution is -2.44. The first-order valence-electron chi connectivity index (χ1n) is 11.9. The number of hydrogen-bond acceptors (Lipinski definition) is 5. The summed E-state index contributed by atoms with van der Waals surface area (Å²) in [6, 6.07) is 2.05. The zero-order valence-corrected chi connectivity index (χ0v) is 22.2. The smallest absolute Gasteiger partial charge is 0.412 e. The van der Waals surface area contributed by atoms with Crippen LogP contribution in [-0.2, 0) is 11.5 Å². The Morgan fingerprint density at radius 2 is 1.88 bits per heavy atom. The third-order valence-electron chi connectivity index (χ3n) is 7.44. The van der Waals surface area contributed by atoms with Gasteiger partial charge in [0.15, 0.2) is 8.32 Å². The Hall–Kier alpha value is -2.72. The Labute approximate surface area is 201 Å². The fourth-order valence-corrected chi connectivity index (χ4v) is 5.76. The van der Waals surface area contributed by atoms with Gasteiger partial charge in [-0.25, -0.2) is 9.78 Å². The SMILES string of the molecule is CN(C(=O)O)c1cc2c(cn1)c(-c1cnn(C)c1)nn2C1CCC(O[Si](C)(C)C(C)(C)C)CC1. The topological polar surface area (TPSA) is 98.3 Å². The molecule has 0 aromatic carbocycles. The summed E-state index contributed by atoms with van der Waals surface area (Å²) in [6.45, 7) is 11.5. The molecule has 184 valence electrons. The maximum absolute atomic E-state index is 11.5. The molecule has 0 unspecified atom stereocenters. The third kappa shape index (κ3) is 4.61. The average Bonchev–Trinajstić information content (AvgIpc) is 3.35. The van der Waals surface area contributed by atoms with Crippen LogP contribution in [0.4, 0.5) is 10.6 Å². The first-order chi connectivity index (χ1) is 15.9. The summed E-state index contributed by atoms with van der Waals surface area (Å²) in [6.07, 6.45) is 8.62. The van der Waals surface area contributed by atoms with Gasteiger partial charge in [-0.2, -0.15) is 10.2 Å². The average molecular weight is 485 g/mol. The molecule has 3 aromatic rings. The van der Waals surface area contributed by atoms with Crippen molar-refractivity contribution in [2.24, 2.45) is 7.05 Å². The molecule has 0 saturated heterocycles. The number of carboxylic acid groups (broad SMARTS) is 1. The highest BCUT2D eigenvalue weighted by Gasteiger charge is 2.40. The Morgan fingerprint density at radius 3 is 2.44 bits per heavy atom. The molecule has 10 heteroatoms. The minimum atomic E-state index is -1.81. The van der Waals surface area contributed by atoms with Crippen LogP contribution in [0, 0.1) is 0 Å². The van der Waals surface area contributed by atoms with Crippen molar-refractivity contribution in [3.8, 4) is 11.3 Å². The van der Waals surface area contributed by atoms with Gasteiger partial charge in [0.05, 0.1) is 17.8 Å². The van der Waals surface area contributed by atoms with E-state index in [9.17, 15) is 9.90 Å². The molecule has 0 bridgehead atoms. The van der Waals surface area contributed by atoms with E-state index in [1.807, 2.05) is 19.3 Å². The molecule has 1 saturated carbocycles. The van der Waals surface area contributed by atoms with Crippen LogP contribution in [0.1, 0.15) is 52.5 Å². The number of amides is 1. The molecule has 0 aliphatic heterocycles. The number of fused-ring (bicyclic) bond motifs is 1. The van der Waals surface area contributed by atoms with Crippen molar-refractivity contribution in [1.82, 2.24) is 24.5 Å². The maximum atomic E-state index is 11.5. The summed E-state index contributed by atoms with van der Waals surface area (Å²) in [5.41, 5.74) is 2.63. The summed E-state index contributed by atoms with van der Waals surface area (Å²) in [5.74, 6) is 0.383. The molecule has 3 heterocycles. The zero-order chi connectivity index (χ0) is 24.8. The molecular weight excluding hydrogens is 448 g/mol. The number of aryl methyl sites for hydroxylation is 1. The molecule has 4 rings (SSSR count). The molecule has 1 N–H and O–H groups in total. The van der Waals surface area contributed by atoms with Gasteiger partial charge < -0.3 is 9.53 Å². The summed E-state index contributed by atoms with van der Waals surface area (Å²) >= 11 is 0. The molecule has 1 aliphatic rings. The van der Waals surface area contributed by atoms with E-state index in [1.165, 1.54) is 7.05 Å². The van der Waals surface area contributed by atoms with Crippen LogP contribution >= 0.6 is 0 Å². The Kier molecular flexibility index (Phi) is 6.32. The van der Waals surface area contributed by atoms with Crippen molar-refractivity contribution in [2.45, 2.75) is 76.7 Å². The molecule has 34 heavy (non-hydrogen) atoms. The van der Waals surface area contributed by atoms with Crippen LogP contribution in [0.25, 0.3) is 22.2 Å². The molecular formula is C24H36N6O3Si. The number of carbonyl (C=O) groups is 1. The van der Waals surface area contributed by atoms with Gasteiger partial charge in [0.25, 0.3) is 0 Å². The fourth-order valence-electron chi connectivity index (χ4n) is 4.34. The Morgan fingerprint density at radius 1 is 1.21 bits per heavy atom. The van der Waals surface area contributed by atoms with Crippen LogP contribution in [-0.4, -0.2) is 57.2 Å². The van der Waals surface area contributed by atoms with E-state index < -0.39 is 14.4 Å². The van der Waals surface area contributed by atoms with Gasteiger partial charge in [0.1, 0.15) is 11.5 Å². The quantitative estimate of drug-likeness (QED) is 0.484. The molecule has 9 nitrogen and oxygen atoms in total. The van der Waals surface area contributed by atoms with Crippen molar-refractivity contribution >= 4 is 31.1 Å². The van der Waals surface area contributed by atoms with Crippen LogP contribution in [0.15, 0.2) is 24.7 Å². The van der Waals surface area contributed by atoms with Crippen LogP contribution in [0.2, 0.25) is 18.1 Å². The largest absolute Gasteiger partial charge is 0.465 e. The van der Waals surface area contributed by atoms with Gasteiger partial charge >= 0.3 is 6.09 Å². The Balaban J connectivity index is 1.65. The van der Waals surface area contributed by atoms with Crippen molar-refractivity contribution < 1.29 is 14.3 Å². The monoisotopic (exact) mass is 484 g/mol. The van der Waals surface area contributed by atoms with Gasteiger partial charge in [-0.05, 0) is 43.8 Å². The van der Waals surface area contributed by atoms with Crippen molar-refractivity contribution in [2.75, 3.05) is 11.9 Å². The maximum Gasteiger partial charge on any atom is 0.412 e. The second-order valence-corrected chi connectivity index (χ2v) is 15.7. The lowest BCUT2D eigenvalue weighted by Gasteiger charge is -2.41. The number of rotatable bonds is 5. The van der Waals surface area contributed by atoms with Crippen molar-refractivity contribution in [3.63, 3.8) is 0 Å². The second-order valence-electron chi connectivity index (χ2n) is 10.9. The van der Waals surface area contributed by atoms with E-state index in [0.717, 1.165) is 52.7 Å². The first kappa shape index (κ1) is 24.4. The lowest BCUT2D eigenvalue weighted by molar-refractivity contribution is 0.116. The minimum Gasteiger partial charge on any atom is -0.465 e. The summed E-state index contributed by atoms with van der Waals surface area (Å²) in [5, 5.41) is 19.8. The molecule has 1 fully saturated rings. The standard InChI is InChI=1S/C24H36N6O3Si/c1-24(2,3)34(6,7)33-18-10-8-17(9-11-18)30-20-12-21(29(5)23(31)32)25-14-19(20)22(27-30)16-13-26-28(4)15-16/h12-15,17-18H,8-11H2,1-7H3,(H,31,32). The number of pyridine rings is 1. The Bertz CT molecular complexity index is 1190. The van der Waals surface area contributed by atoms with Crippen LogP contribution < -0.4 is 4.90 Å². The molecule has 3 aromatic heterocycles. The van der Waals surface area contributed by atoms with E-state index >= 15 is 0 Å². The van der Waals surface area contributed by atoms with Gasteiger partial charge in [-0.3, -0.25) is 14.3 Å². The number of nitrogens with zero attached hydrogens (tertiary/aromatic N) is 6. The highest BCUT2D eigenvalue weighted by Crippen LogP contribution is 2.41. The van der Waals surface area contributed by atoms with Gasteiger partial charge in [-0.1, -0.05) is 20.8 Å². The predicted molar refractivity (Wildman–Crippen MR) is 136 cm³/mol. The van der Waals surface area contributed by atoms with Crippen molar-refractivity contribution in [1.29, 1.82) is 0 Å². The lowest BCUT2D eigenvalue weighted by atomic mass is 9.93. The van der Waals surface area contributed by atoms with Gasteiger partial charge in [0, 0.05) is 49.6 Å². The van der Waals surface area contributed by atoms with E-state index in [0.29, 0.717) is 5.82 Å². The van der Waals surface area contributed by atoms with Gasteiger partial charge in [0.2, 0.25) is 0 Å². The van der Waals surface area contributed by atoms with E-state index in [1.54, 1.807) is 17.1 Å². The van der Waals surface area contributed by atoms with Crippen LogP contribution in [0.3, 0.4) is 0 Å². The third-order valence-corrected chi connectivity index (χ3v) is 12.0. The molecule has 0 spiro atoms. The molecule has 1 aliphatic carbocycles. The second kappa shape index (κ2) is 8.81. The fraction of sp³-hybridized carbons (Fsp3) is 0.583. The van der Waals surface area contributed by atoms with E-state index in [4.69, 9.17) is 9.52 Å². The summed E-state index contributed by atoms with van der Waals surface area (Å²) in [7, 11) is 1.58. The predicted octanol–water partition coefficient (Wildman–Crippen LogP) is 5.45. The number of hydrogen-bond donors (Lipinski definition) is 1. The molecule has 1 amide bonds. The highest BCUT2D eigenvalue weighted by molar-refractivity contribution is 6.74. The van der Waals surface area contributed by atoms with E-state index in [-0.39, 0.29) is 17.2 Å². The molecule has 0 atom stereocenters. The van der Waals surface area contributed by atoms with Gasteiger partial charge in [-0.15, -0.1) is 0 Å². The minimum absolute atomic E-state index is 0.195. The number of aromatic nitrogens is 5. The highest BCUT2D eigenvalue weighted by atomic mass is 28.4.